The molecule has 11 rings (SSSR count). The van der Waals surface area contributed by atoms with Gasteiger partial charge in [-0.1, -0.05) is 155 Å². The summed E-state index contributed by atoms with van der Waals surface area (Å²) in [5, 5.41) is 0. The average Bonchev–Trinajstić information content (AvgIpc) is 3.24. The van der Waals surface area contributed by atoms with Gasteiger partial charge >= 0.3 is 0 Å². The molecule has 5 heteroatoms. The van der Waals surface area contributed by atoms with Gasteiger partial charge in [-0.25, -0.2) is 0 Å². The molecular weight excluding hydrogens is 712 g/mol. The summed E-state index contributed by atoms with van der Waals surface area (Å²) in [7, 11) is -1.91. The summed E-state index contributed by atoms with van der Waals surface area (Å²) in [5.74, 6) is 0. The van der Waals surface area contributed by atoms with E-state index in [0.717, 1.165) is 0 Å². The van der Waals surface area contributed by atoms with Crippen molar-refractivity contribution in [1.82, 2.24) is 0 Å². The molecule has 1 nitrogen and oxygen atoms in total. The highest BCUT2D eigenvalue weighted by molar-refractivity contribution is 8.34. The molecule has 3 aliphatic rings. The van der Waals surface area contributed by atoms with Crippen molar-refractivity contribution in [3.8, 4) is 0 Å². The Balaban J connectivity index is 1.27. The van der Waals surface area contributed by atoms with E-state index in [-0.39, 0.29) is 13.4 Å². The number of aryl methyl sites for hydroxylation is 3. The summed E-state index contributed by atoms with van der Waals surface area (Å²) in [6, 6.07) is 69.2. The van der Waals surface area contributed by atoms with Gasteiger partial charge < -0.3 is 4.90 Å². The van der Waals surface area contributed by atoms with Gasteiger partial charge in [0.1, 0.15) is 0 Å². The first kappa shape index (κ1) is 33.7. The second-order valence-corrected chi connectivity index (χ2v) is 19.6. The number of rotatable bonds is 5. The Labute approximate surface area is 336 Å². The third kappa shape index (κ3) is 4.80. The van der Waals surface area contributed by atoms with Crippen molar-refractivity contribution in [1.29, 1.82) is 0 Å². The molecule has 0 saturated carbocycles. The standard InChI is InChI=1S/C51H39B2NS2/c1-34-31-35(2)49(36(3)32-34)53-42-28-27-40(56(37-17-7-4-8-18-37,38-19-9-5-10-20-38)39-21-11-6-12-22-39)33-46(42)54-45-25-15-13-23-41(45)52-43-24-14-16-26-47(43)55-48-30-29-44(53)51(54)50(48)52/h4-33H,1-3H3. The van der Waals surface area contributed by atoms with Crippen molar-refractivity contribution in [2.75, 3.05) is 4.90 Å². The molecule has 8 aromatic carbocycles. The lowest BCUT2D eigenvalue weighted by molar-refractivity contribution is 1.22. The highest BCUT2D eigenvalue weighted by atomic mass is 32.3. The molecule has 0 atom stereocenters. The normalized spacial score (nSPS) is 13.7. The minimum Gasteiger partial charge on any atom is -0.312 e. The van der Waals surface area contributed by atoms with Crippen LogP contribution in [-0.4, -0.2) is 13.4 Å². The maximum absolute atomic E-state index is 2.66. The Kier molecular flexibility index (Phi) is 7.81. The molecule has 0 N–H and O–H groups in total. The van der Waals surface area contributed by atoms with Gasteiger partial charge in [-0.3, -0.25) is 0 Å². The van der Waals surface area contributed by atoms with E-state index in [1.165, 1.54) is 95.9 Å². The van der Waals surface area contributed by atoms with Gasteiger partial charge in [-0.05, 0) is 109 Å². The zero-order valence-corrected chi connectivity index (χ0v) is 33.4. The number of hydrogen-bond acceptors (Lipinski definition) is 2. The highest BCUT2D eigenvalue weighted by Crippen LogP contribution is 2.73. The van der Waals surface area contributed by atoms with E-state index in [1.54, 1.807) is 0 Å². The first-order valence-electron chi connectivity index (χ1n) is 19.6. The van der Waals surface area contributed by atoms with E-state index < -0.39 is 10.0 Å². The largest absolute Gasteiger partial charge is 0.312 e. The van der Waals surface area contributed by atoms with Crippen LogP contribution in [0, 0.1) is 20.8 Å². The molecule has 0 fully saturated rings. The molecule has 0 amide bonds. The second-order valence-electron chi connectivity index (χ2n) is 15.4. The number of anilines is 3. The van der Waals surface area contributed by atoms with E-state index >= 15 is 0 Å². The number of para-hydroxylation sites is 1. The van der Waals surface area contributed by atoms with Crippen molar-refractivity contribution in [3.05, 3.63) is 199 Å². The maximum Gasteiger partial charge on any atom is 0.249 e. The number of nitrogens with zero attached hydrogens (tertiary/aromatic N) is 1. The van der Waals surface area contributed by atoms with Crippen molar-refractivity contribution < 1.29 is 0 Å². The topological polar surface area (TPSA) is 3.24 Å². The lowest BCUT2D eigenvalue weighted by Gasteiger charge is -2.47. The SMILES string of the molecule is Cc1cc(C)c(B2c3ccc(S(c4ccccc4)(c4ccccc4)c4ccccc4)cc3N3c4ccccc4B4c5ccccc5Sc5ccc2c3c54)c(C)c1. The maximum atomic E-state index is 2.66. The molecule has 0 saturated heterocycles. The van der Waals surface area contributed by atoms with Crippen molar-refractivity contribution in [2.45, 2.75) is 50.1 Å². The number of hydrogen-bond donors (Lipinski definition) is 0. The Morgan fingerprint density at radius 3 is 1.57 bits per heavy atom. The van der Waals surface area contributed by atoms with Crippen molar-refractivity contribution >= 4 is 85.1 Å². The fourth-order valence-electron chi connectivity index (χ4n) is 10.1. The smallest absolute Gasteiger partial charge is 0.249 e. The van der Waals surface area contributed by atoms with Gasteiger partial charge in [-0.15, -0.1) is 10.0 Å². The molecule has 0 aromatic heterocycles. The van der Waals surface area contributed by atoms with Crippen LogP contribution < -0.4 is 37.7 Å². The predicted octanol–water partition coefficient (Wildman–Crippen LogP) is 9.55. The summed E-state index contributed by atoms with van der Waals surface area (Å²) < 4.78 is 0. The molecule has 266 valence electrons. The van der Waals surface area contributed by atoms with Crippen molar-refractivity contribution in [3.63, 3.8) is 0 Å². The Morgan fingerprint density at radius 1 is 0.411 bits per heavy atom. The molecule has 3 heterocycles. The van der Waals surface area contributed by atoms with Crippen LogP contribution in [0.2, 0.25) is 0 Å². The zero-order valence-electron chi connectivity index (χ0n) is 31.7. The van der Waals surface area contributed by atoms with Gasteiger partial charge in [0.2, 0.25) is 13.4 Å². The first-order chi connectivity index (χ1) is 27.5. The average molecular weight is 752 g/mol. The van der Waals surface area contributed by atoms with Crippen LogP contribution in [0.15, 0.2) is 211 Å². The van der Waals surface area contributed by atoms with E-state index in [0.29, 0.717) is 0 Å². The van der Waals surface area contributed by atoms with Crippen LogP contribution in [0.3, 0.4) is 0 Å². The number of benzene rings is 8. The van der Waals surface area contributed by atoms with Crippen LogP contribution in [0.25, 0.3) is 0 Å². The molecule has 0 aliphatic carbocycles. The Morgan fingerprint density at radius 2 is 0.929 bits per heavy atom. The third-order valence-corrected chi connectivity index (χ3v) is 17.3. The van der Waals surface area contributed by atoms with Gasteiger partial charge in [0, 0.05) is 46.4 Å². The highest BCUT2D eigenvalue weighted by Gasteiger charge is 2.47. The van der Waals surface area contributed by atoms with Gasteiger partial charge in [0.15, 0.2) is 0 Å². The fourth-order valence-corrected chi connectivity index (χ4v) is 15.2. The molecule has 0 bridgehead atoms. The van der Waals surface area contributed by atoms with Gasteiger partial charge in [-0.2, -0.15) is 0 Å². The van der Waals surface area contributed by atoms with Crippen LogP contribution in [0.4, 0.5) is 17.1 Å². The Bertz CT molecular complexity index is 2720. The predicted molar refractivity (Wildman–Crippen MR) is 242 cm³/mol. The van der Waals surface area contributed by atoms with Crippen LogP contribution in [-0.2, 0) is 0 Å². The zero-order chi connectivity index (χ0) is 37.5. The van der Waals surface area contributed by atoms with Gasteiger partial charge in [0.05, 0.1) is 0 Å². The van der Waals surface area contributed by atoms with Crippen LogP contribution in [0.1, 0.15) is 16.7 Å². The van der Waals surface area contributed by atoms with Gasteiger partial charge in [0.25, 0.3) is 0 Å². The lowest BCUT2D eigenvalue weighted by Crippen LogP contribution is -2.66. The fraction of sp³-hybridized carbons (Fsp3) is 0.0588. The number of fused-ring (bicyclic) bond motifs is 7. The van der Waals surface area contributed by atoms with Crippen molar-refractivity contribution in [2.24, 2.45) is 0 Å². The molecule has 0 unspecified atom stereocenters. The molecular formula is C51H39B2NS2. The van der Waals surface area contributed by atoms with Crippen LogP contribution in [0.5, 0.6) is 0 Å². The minimum atomic E-state index is -1.91. The molecule has 8 aromatic rings. The van der Waals surface area contributed by atoms with E-state index in [1.807, 2.05) is 11.8 Å². The third-order valence-electron chi connectivity index (χ3n) is 12.2. The molecule has 3 aliphatic heterocycles. The quantitative estimate of drug-likeness (QED) is 0.161. The van der Waals surface area contributed by atoms with Crippen LogP contribution >= 0.6 is 21.8 Å². The second kappa shape index (κ2) is 13.0. The summed E-state index contributed by atoms with van der Waals surface area (Å²) in [4.78, 5) is 10.7. The van der Waals surface area contributed by atoms with E-state index in [4.69, 9.17) is 0 Å². The first-order valence-corrected chi connectivity index (χ1v) is 22.0. The summed E-state index contributed by atoms with van der Waals surface area (Å²) in [5.41, 5.74) is 16.3. The summed E-state index contributed by atoms with van der Waals surface area (Å²) >= 11 is 1.93. The summed E-state index contributed by atoms with van der Waals surface area (Å²) in [6.07, 6.45) is 0. The summed E-state index contributed by atoms with van der Waals surface area (Å²) in [6.45, 7) is 7.11. The van der Waals surface area contributed by atoms with E-state index in [2.05, 4.69) is 208 Å². The minimum absolute atomic E-state index is 0.0823. The molecule has 56 heavy (non-hydrogen) atoms. The lowest BCUT2D eigenvalue weighted by atomic mass is 9.30. The molecule has 0 spiro atoms. The molecule has 0 radical (unpaired) electrons. The monoisotopic (exact) mass is 751 g/mol. The van der Waals surface area contributed by atoms with E-state index in [9.17, 15) is 0 Å². The Hall–Kier alpha value is -5.61.